The van der Waals surface area contributed by atoms with Crippen LogP contribution in [0.5, 0.6) is 0 Å². The van der Waals surface area contributed by atoms with Crippen LogP contribution in [0.1, 0.15) is 18.4 Å². The van der Waals surface area contributed by atoms with Gasteiger partial charge in [-0.3, -0.25) is 0 Å². The minimum absolute atomic E-state index is 0.107. The zero-order chi connectivity index (χ0) is 11.5. The average molecular weight is 245 g/mol. The number of ether oxygens (including phenoxy) is 1. The van der Waals surface area contributed by atoms with Gasteiger partial charge in [0.05, 0.1) is 17.2 Å². The van der Waals surface area contributed by atoms with Gasteiger partial charge in [0, 0.05) is 13.0 Å². The fourth-order valence-corrected chi connectivity index (χ4v) is 2.06. The predicted molar refractivity (Wildman–Crippen MR) is 60.1 cm³/mol. The lowest BCUT2D eigenvalue weighted by Crippen LogP contribution is -2.27. The first-order valence-corrected chi connectivity index (χ1v) is 5.78. The maximum absolute atomic E-state index is 13.2. The molecule has 4 heteroatoms. The Kier molecular flexibility index (Phi) is 3.79. The Morgan fingerprint density at radius 2 is 2.38 bits per heavy atom. The van der Waals surface area contributed by atoms with Gasteiger partial charge in [0.15, 0.2) is 0 Å². The van der Waals surface area contributed by atoms with E-state index in [2.05, 4.69) is 0 Å². The summed E-state index contributed by atoms with van der Waals surface area (Å²) >= 11 is 5.58. The molecule has 1 fully saturated rings. The molecule has 1 saturated heterocycles. The van der Waals surface area contributed by atoms with Crippen LogP contribution in [-0.4, -0.2) is 23.9 Å². The van der Waals surface area contributed by atoms with Crippen molar-refractivity contribution in [1.82, 2.24) is 0 Å². The zero-order valence-electron chi connectivity index (χ0n) is 8.83. The standard InChI is InChI=1S/C12H14ClFO2/c13-9-4-3-8(6-10(9)14)7-11(15)12-2-1-5-16-12/h3-4,6,11-12,15H,1-2,5,7H2. The van der Waals surface area contributed by atoms with Gasteiger partial charge in [0.25, 0.3) is 0 Å². The third kappa shape index (κ3) is 2.73. The van der Waals surface area contributed by atoms with Gasteiger partial charge in [-0.25, -0.2) is 4.39 Å². The van der Waals surface area contributed by atoms with Crippen molar-refractivity contribution < 1.29 is 14.2 Å². The van der Waals surface area contributed by atoms with E-state index in [4.69, 9.17) is 16.3 Å². The normalized spacial score (nSPS) is 22.3. The molecule has 0 spiro atoms. The highest BCUT2D eigenvalue weighted by Crippen LogP contribution is 2.21. The smallest absolute Gasteiger partial charge is 0.142 e. The van der Waals surface area contributed by atoms with Crippen molar-refractivity contribution in [2.24, 2.45) is 0 Å². The van der Waals surface area contributed by atoms with Gasteiger partial charge < -0.3 is 9.84 Å². The molecule has 88 valence electrons. The molecule has 1 N–H and O–H groups in total. The molecule has 2 nitrogen and oxygen atoms in total. The summed E-state index contributed by atoms with van der Waals surface area (Å²) in [5.41, 5.74) is 0.741. The lowest BCUT2D eigenvalue weighted by Gasteiger charge is -2.17. The molecule has 0 aromatic heterocycles. The first-order valence-electron chi connectivity index (χ1n) is 5.40. The minimum Gasteiger partial charge on any atom is -0.390 e. The summed E-state index contributed by atoms with van der Waals surface area (Å²) in [4.78, 5) is 0. The Balaban J connectivity index is 1.99. The zero-order valence-corrected chi connectivity index (χ0v) is 9.58. The van der Waals surface area contributed by atoms with Crippen molar-refractivity contribution in [2.45, 2.75) is 31.5 Å². The van der Waals surface area contributed by atoms with Crippen molar-refractivity contribution in [3.63, 3.8) is 0 Å². The third-order valence-corrected chi connectivity index (χ3v) is 3.13. The van der Waals surface area contributed by atoms with Crippen LogP contribution in [0.15, 0.2) is 18.2 Å². The Hall–Kier alpha value is -0.640. The van der Waals surface area contributed by atoms with Crippen LogP contribution < -0.4 is 0 Å². The highest BCUT2D eigenvalue weighted by atomic mass is 35.5. The van der Waals surface area contributed by atoms with Crippen molar-refractivity contribution in [3.8, 4) is 0 Å². The van der Waals surface area contributed by atoms with Gasteiger partial charge in [-0.2, -0.15) is 0 Å². The highest BCUT2D eigenvalue weighted by molar-refractivity contribution is 6.30. The summed E-state index contributed by atoms with van der Waals surface area (Å²) in [6.07, 6.45) is 1.58. The lowest BCUT2D eigenvalue weighted by molar-refractivity contribution is -0.000797. The van der Waals surface area contributed by atoms with Gasteiger partial charge in [0.1, 0.15) is 5.82 Å². The second-order valence-electron chi connectivity index (χ2n) is 4.07. The molecule has 2 unspecified atom stereocenters. The number of hydrogen-bond acceptors (Lipinski definition) is 2. The van der Waals surface area contributed by atoms with E-state index in [9.17, 15) is 9.50 Å². The third-order valence-electron chi connectivity index (χ3n) is 2.82. The molecule has 1 heterocycles. The summed E-state index contributed by atoms with van der Waals surface area (Å²) in [6, 6.07) is 4.60. The number of hydrogen-bond donors (Lipinski definition) is 1. The Bertz CT molecular complexity index is 364. The largest absolute Gasteiger partial charge is 0.390 e. The van der Waals surface area contributed by atoms with E-state index < -0.39 is 11.9 Å². The van der Waals surface area contributed by atoms with Gasteiger partial charge in [-0.05, 0) is 30.5 Å². The van der Waals surface area contributed by atoms with Crippen LogP contribution in [0, 0.1) is 5.82 Å². The van der Waals surface area contributed by atoms with E-state index in [1.165, 1.54) is 12.1 Å². The Labute approximate surface area is 99.0 Å². The first-order chi connectivity index (χ1) is 7.66. The number of aliphatic hydroxyl groups is 1. The molecule has 1 aliphatic rings. The molecule has 0 bridgehead atoms. The molecule has 2 atom stereocenters. The first kappa shape index (κ1) is 11.8. The fourth-order valence-electron chi connectivity index (χ4n) is 1.95. The highest BCUT2D eigenvalue weighted by Gasteiger charge is 2.24. The van der Waals surface area contributed by atoms with Gasteiger partial charge in [-0.15, -0.1) is 0 Å². The van der Waals surface area contributed by atoms with Crippen LogP contribution in [0.25, 0.3) is 0 Å². The van der Waals surface area contributed by atoms with Crippen molar-refractivity contribution in [2.75, 3.05) is 6.61 Å². The Morgan fingerprint density at radius 3 is 3.00 bits per heavy atom. The number of halogens is 2. The SMILES string of the molecule is OC(Cc1ccc(Cl)c(F)c1)C1CCCO1. The van der Waals surface area contributed by atoms with E-state index in [-0.39, 0.29) is 11.1 Å². The second-order valence-corrected chi connectivity index (χ2v) is 4.48. The van der Waals surface area contributed by atoms with Gasteiger partial charge in [-0.1, -0.05) is 17.7 Å². The van der Waals surface area contributed by atoms with Crippen LogP contribution >= 0.6 is 11.6 Å². The van der Waals surface area contributed by atoms with E-state index >= 15 is 0 Å². The molecule has 1 aromatic carbocycles. The lowest BCUT2D eigenvalue weighted by atomic mass is 10.0. The van der Waals surface area contributed by atoms with Crippen LogP contribution in [-0.2, 0) is 11.2 Å². The molecule has 1 aromatic rings. The number of aliphatic hydroxyl groups excluding tert-OH is 1. The Morgan fingerprint density at radius 1 is 1.56 bits per heavy atom. The van der Waals surface area contributed by atoms with Crippen LogP contribution in [0.3, 0.4) is 0 Å². The molecule has 1 aliphatic heterocycles. The molecular weight excluding hydrogens is 231 g/mol. The van der Waals surface area contributed by atoms with E-state index in [0.29, 0.717) is 13.0 Å². The molecule has 0 amide bonds. The topological polar surface area (TPSA) is 29.5 Å². The summed E-state index contributed by atoms with van der Waals surface area (Å²) < 4.78 is 18.5. The predicted octanol–water partition coefficient (Wildman–Crippen LogP) is 2.56. The summed E-state index contributed by atoms with van der Waals surface area (Å²) in [5, 5.41) is 9.99. The summed E-state index contributed by atoms with van der Waals surface area (Å²) in [5.74, 6) is -0.446. The van der Waals surface area contributed by atoms with E-state index in [1.807, 2.05) is 0 Å². The summed E-state index contributed by atoms with van der Waals surface area (Å²) in [6.45, 7) is 0.705. The van der Waals surface area contributed by atoms with Gasteiger partial charge in [0.2, 0.25) is 0 Å². The van der Waals surface area contributed by atoms with E-state index in [1.54, 1.807) is 6.07 Å². The monoisotopic (exact) mass is 244 g/mol. The van der Waals surface area contributed by atoms with Crippen LogP contribution in [0.2, 0.25) is 5.02 Å². The fraction of sp³-hybridized carbons (Fsp3) is 0.500. The van der Waals surface area contributed by atoms with E-state index in [0.717, 1.165) is 18.4 Å². The maximum atomic E-state index is 13.2. The summed E-state index contributed by atoms with van der Waals surface area (Å²) in [7, 11) is 0. The van der Waals surface area contributed by atoms with Crippen molar-refractivity contribution >= 4 is 11.6 Å². The van der Waals surface area contributed by atoms with Crippen LogP contribution in [0.4, 0.5) is 4.39 Å². The quantitative estimate of drug-likeness (QED) is 0.886. The minimum atomic E-state index is -0.567. The molecular formula is C12H14ClFO2. The molecule has 0 saturated carbocycles. The van der Waals surface area contributed by atoms with Gasteiger partial charge >= 0.3 is 0 Å². The second kappa shape index (κ2) is 5.13. The van der Waals surface area contributed by atoms with Crippen molar-refractivity contribution in [3.05, 3.63) is 34.6 Å². The molecule has 16 heavy (non-hydrogen) atoms. The number of rotatable bonds is 3. The van der Waals surface area contributed by atoms with Crippen molar-refractivity contribution in [1.29, 1.82) is 0 Å². The number of benzene rings is 1. The maximum Gasteiger partial charge on any atom is 0.142 e. The molecule has 0 radical (unpaired) electrons. The molecule has 2 rings (SSSR count). The molecule has 0 aliphatic carbocycles. The average Bonchev–Trinajstić information content (AvgIpc) is 2.77.